The third-order valence-corrected chi connectivity index (χ3v) is 3.14. The van der Waals surface area contributed by atoms with Gasteiger partial charge < -0.3 is 0 Å². The van der Waals surface area contributed by atoms with Crippen LogP contribution in [0.5, 0.6) is 0 Å². The van der Waals surface area contributed by atoms with E-state index in [1.54, 1.807) is 0 Å². The number of hydrazone groups is 1. The molecule has 1 aromatic rings. The van der Waals surface area contributed by atoms with Crippen molar-refractivity contribution < 1.29 is 9.59 Å². The summed E-state index contributed by atoms with van der Waals surface area (Å²) in [4.78, 5) is 24.3. The van der Waals surface area contributed by atoms with E-state index in [4.69, 9.17) is 0 Å². The molecule has 0 saturated heterocycles. The van der Waals surface area contributed by atoms with Crippen molar-refractivity contribution in [3.8, 4) is 0 Å². The van der Waals surface area contributed by atoms with Gasteiger partial charge in [0.15, 0.2) is 0 Å². The third-order valence-electron chi connectivity index (χ3n) is 3.14. The summed E-state index contributed by atoms with van der Waals surface area (Å²) in [5.41, 5.74) is 3.45. The van der Waals surface area contributed by atoms with Gasteiger partial charge in [0.1, 0.15) is 0 Å². The number of likely N-dealkylation sites (N-methyl/N-ethyl adjacent to an activating group) is 1. The number of carbonyl (C=O) groups is 2. The van der Waals surface area contributed by atoms with Crippen LogP contribution in [-0.4, -0.2) is 30.5 Å². The Labute approximate surface area is 114 Å². The first-order valence-electron chi connectivity index (χ1n) is 6.37. The predicted molar refractivity (Wildman–Crippen MR) is 76.6 cm³/mol. The van der Waals surface area contributed by atoms with Crippen LogP contribution in [0, 0.1) is 6.92 Å². The second-order valence-electron chi connectivity index (χ2n) is 4.46. The lowest BCUT2D eigenvalue weighted by Crippen LogP contribution is -2.30. The minimum atomic E-state index is -0.650. The average Bonchev–Trinajstić information content (AvgIpc) is 2.43. The third kappa shape index (κ3) is 3.08. The maximum Gasteiger partial charge on any atom is 0.314 e. The van der Waals surface area contributed by atoms with Crippen LogP contribution >= 0.6 is 0 Å². The van der Waals surface area contributed by atoms with Crippen molar-refractivity contribution >= 4 is 18.4 Å². The molecule has 0 aromatic heterocycles. The Morgan fingerprint density at radius 2 is 1.68 bits per heavy atom. The lowest BCUT2D eigenvalue weighted by molar-refractivity contribution is -0.125. The molecule has 4 nitrogen and oxygen atoms in total. The van der Waals surface area contributed by atoms with E-state index in [9.17, 15) is 9.59 Å². The van der Waals surface area contributed by atoms with Crippen LogP contribution in [0.3, 0.4) is 0 Å². The highest BCUT2D eigenvalue weighted by Gasteiger charge is 2.24. The van der Waals surface area contributed by atoms with Gasteiger partial charge in [-0.3, -0.25) is 9.59 Å². The summed E-state index contributed by atoms with van der Waals surface area (Å²) < 4.78 is 0. The molecular formula is C15H20N2O2. The largest absolute Gasteiger partial charge is 0.314 e. The van der Waals surface area contributed by atoms with Gasteiger partial charge in [0.2, 0.25) is 0 Å². The normalized spacial score (nSPS) is 10.1. The zero-order valence-corrected chi connectivity index (χ0v) is 12.0. The van der Waals surface area contributed by atoms with Gasteiger partial charge in [-0.2, -0.15) is 5.10 Å². The van der Waals surface area contributed by atoms with Crippen LogP contribution in [-0.2, 0) is 17.6 Å². The van der Waals surface area contributed by atoms with E-state index in [2.05, 4.69) is 11.8 Å². The van der Waals surface area contributed by atoms with Gasteiger partial charge in [0.25, 0.3) is 5.78 Å². The monoisotopic (exact) mass is 260 g/mol. The zero-order valence-electron chi connectivity index (χ0n) is 12.0. The van der Waals surface area contributed by atoms with E-state index >= 15 is 0 Å². The number of aryl methyl sites for hydroxylation is 3. The van der Waals surface area contributed by atoms with Crippen molar-refractivity contribution in [1.82, 2.24) is 5.01 Å². The summed E-state index contributed by atoms with van der Waals surface area (Å²) in [5, 5.41) is 4.45. The van der Waals surface area contributed by atoms with E-state index in [0.717, 1.165) is 21.7 Å². The van der Waals surface area contributed by atoms with Crippen molar-refractivity contribution in [3.63, 3.8) is 0 Å². The van der Waals surface area contributed by atoms with E-state index in [0.29, 0.717) is 18.4 Å². The van der Waals surface area contributed by atoms with Crippen LogP contribution in [0.1, 0.15) is 40.9 Å². The molecule has 0 N–H and O–H groups in total. The first-order chi connectivity index (χ1) is 8.96. The van der Waals surface area contributed by atoms with Crippen molar-refractivity contribution in [2.45, 2.75) is 33.6 Å². The number of hydrogen-bond donors (Lipinski definition) is 0. The number of nitrogens with zero attached hydrogens (tertiary/aromatic N) is 2. The Morgan fingerprint density at radius 3 is 2.05 bits per heavy atom. The second-order valence-corrected chi connectivity index (χ2v) is 4.46. The molecule has 0 fully saturated rings. The summed E-state index contributed by atoms with van der Waals surface area (Å²) in [6.07, 6.45) is 1.43. The number of carbonyl (C=O) groups excluding carboxylic acids is 2. The lowest BCUT2D eigenvalue weighted by atomic mass is 9.92. The minimum Gasteiger partial charge on any atom is -0.283 e. The van der Waals surface area contributed by atoms with Crippen LogP contribution < -0.4 is 0 Å². The fourth-order valence-electron chi connectivity index (χ4n) is 2.11. The van der Waals surface area contributed by atoms with Gasteiger partial charge in [-0.1, -0.05) is 31.5 Å². The Bertz CT molecular complexity index is 496. The molecule has 4 heteroatoms. The first kappa shape index (κ1) is 15.1. The van der Waals surface area contributed by atoms with Crippen molar-refractivity contribution in [3.05, 3.63) is 34.4 Å². The van der Waals surface area contributed by atoms with Gasteiger partial charge in [-0.25, -0.2) is 5.01 Å². The summed E-state index contributed by atoms with van der Waals surface area (Å²) >= 11 is 0. The van der Waals surface area contributed by atoms with Crippen LogP contribution in [0.4, 0.5) is 0 Å². The smallest absolute Gasteiger partial charge is 0.283 e. The second kappa shape index (κ2) is 6.27. The topological polar surface area (TPSA) is 49.7 Å². The predicted octanol–water partition coefficient (Wildman–Crippen LogP) is 2.38. The molecule has 19 heavy (non-hydrogen) atoms. The Hall–Kier alpha value is -1.97. The fourth-order valence-corrected chi connectivity index (χ4v) is 2.11. The zero-order chi connectivity index (χ0) is 14.6. The highest BCUT2D eigenvalue weighted by molar-refractivity contribution is 6.43. The summed E-state index contributed by atoms with van der Waals surface area (Å²) in [6.45, 7) is 9.21. The molecule has 0 bridgehead atoms. The molecule has 1 rings (SSSR count). The van der Waals surface area contributed by atoms with Gasteiger partial charge in [0, 0.05) is 19.3 Å². The Morgan fingerprint density at radius 1 is 1.21 bits per heavy atom. The summed E-state index contributed by atoms with van der Waals surface area (Å²) in [5.74, 6) is -1.16. The molecule has 0 spiro atoms. The van der Waals surface area contributed by atoms with E-state index in [-0.39, 0.29) is 0 Å². The fraction of sp³-hybridized carbons (Fsp3) is 0.400. The van der Waals surface area contributed by atoms with Gasteiger partial charge in [-0.05, 0) is 30.9 Å². The van der Waals surface area contributed by atoms with Crippen LogP contribution in [0.2, 0.25) is 0 Å². The Kier molecular flexibility index (Phi) is 4.98. The molecule has 0 atom stereocenters. The minimum absolute atomic E-state index is 0.511. The number of rotatable bonds is 5. The molecule has 102 valence electrons. The van der Waals surface area contributed by atoms with Crippen molar-refractivity contribution in [2.24, 2.45) is 5.10 Å². The van der Waals surface area contributed by atoms with Crippen molar-refractivity contribution in [2.75, 3.05) is 7.05 Å². The highest BCUT2D eigenvalue weighted by atomic mass is 16.2. The van der Waals surface area contributed by atoms with Crippen LogP contribution in [0.15, 0.2) is 17.2 Å². The maximum atomic E-state index is 12.3. The standard InChI is InChI=1S/C15H20N2O2/c1-6-11-8-10(3)9-12(7-2)13(11)14(18)15(19)17(5)16-4/h8-9H,4,6-7H2,1-3,5H3. The van der Waals surface area contributed by atoms with Gasteiger partial charge in [-0.15, -0.1) is 0 Å². The highest BCUT2D eigenvalue weighted by Crippen LogP contribution is 2.20. The molecule has 0 aliphatic carbocycles. The lowest BCUT2D eigenvalue weighted by Gasteiger charge is -2.15. The Balaban J connectivity index is 3.36. The molecule has 0 heterocycles. The molecule has 1 amide bonds. The molecule has 0 radical (unpaired) electrons. The molecule has 0 unspecified atom stereocenters. The molecule has 1 aromatic carbocycles. The quantitative estimate of drug-likeness (QED) is 0.353. The number of hydrogen-bond acceptors (Lipinski definition) is 3. The van der Waals surface area contributed by atoms with Crippen LogP contribution in [0.25, 0.3) is 0 Å². The van der Waals surface area contributed by atoms with E-state index in [1.165, 1.54) is 7.05 Å². The number of Topliss-reactive ketones (excluding diaryl/α,β-unsaturated/α-hetero) is 1. The summed E-state index contributed by atoms with van der Waals surface area (Å²) in [7, 11) is 1.43. The molecular weight excluding hydrogens is 240 g/mol. The number of amides is 1. The number of ketones is 1. The average molecular weight is 260 g/mol. The summed E-state index contributed by atoms with van der Waals surface area (Å²) in [6, 6.07) is 3.92. The van der Waals surface area contributed by atoms with E-state index in [1.807, 2.05) is 32.9 Å². The number of benzene rings is 1. The first-order valence-corrected chi connectivity index (χ1v) is 6.37. The maximum absolute atomic E-state index is 12.3. The molecule has 0 saturated carbocycles. The molecule has 0 aliphatic heterocycles. The van der Waals surface area contributed by atoms with Crippen molar-refractivity contribution in [1.29, 1.82) is 0 Å². The van der Waals surface area contributed by atoms with Gasteiger partial charge >= 0.3 is 5.91 Å². The molecule has 0 aliphatic rings. The SMILES string of the molecule is C=NN(C)C(=O)C(=O)c1c(CC)cc(C)cc1CC. The van der Waals surface area contributed by atoms with Gasteiger partial charge in [0.05, 0.1) is 0 Å². The van der Waals surface area contributed by atoms with E-state index < -0.39 is 11.7 Å².